The minimum Gasteiger partial charge on any atom is -0.481 e. The molecule has 0 aliphatic carbocycles. The first-order chi connectivity index (χ1) is 9.25. The van der Waals surface area contributed by atoms with E-state index in [1.807, 2.05) is 6.92 Å². The van der Waals surface area contributed by atoms with Crippen molar-refractivity contribution in [1.29, 1.82) is 0 Å². The van der Waals surface area contributed by atoms with E-state index in [2.05, 4.69) is 6.58 Å². The second-order valence-electron chi connectivity index (χ2n) is 4.82. The maximum atomic E-state index is 11.6. The number of rotatable bonds is 10. The number of carboxylic acid groups (broad SMARTS) is 2. The van der Waals surface area contributed by atoms with E-state index >= 15 is 0 Å². The van der Waals surface area contributed by atoms with Crippen molar-refractivity contribution in [1.82, 2.24) is 0 Å². The summed E-state index contributed by atoms with van der Waals surface area (Å²) in [5.74, 6) is -3.02. The van der Waals surface area contributed by atoms with E-state index in [4.69, 9.17) is 9.84 Å². The van der Waals surface area contributed by atoms with Crippen LogP contribution in [0.5, 0.6) is 0 Å². The van der Waals surface area contributed by atoms with E-state index in [-0.39, 0.29) is 31.3 Å². The fourth-order valence-corrected chi connectivity index (χ4v) is 1.74. The van der Waals surface area contributed by atoms with Gasteiger partial charge in [0, 0.05) is 12.0 Å². The quantitative estimate of drug-likeness (QED) is 0.472. The first-order valence-electron chi connectivity index (χ1n) is 6.59. The summed E-state index contributed by atoms with van der Waals surface area (Å²) in [7, 11) is 0. The van der Waals surface area contributed by atoms with Crippen LogP contribution in [0.15, 0.2) is 12.2 Å². The summed E-state index contributed by atoms with van der Waals surface area (Å²) in [6, 6.07) is 0. The average Bonchev–Trinajstić information content (AvgIpc) is 2.34. The van der Waals surface area contributed by atoms with Gasteiger partial charge in [-0.2, -0.15) is 0 Å². The van der Waals surface area contributed by atoms with Crippen molar-refractivity contribution >= 4 is 17.9 Å². The van der Waals surface area contributed by atoms with Gasteiger partial charge in [0.05, 0.1) is 0 Å². The highest BCUT2D eigenvalue weighted by molar-refractivity contribution is 5.90. The molecular weight excluding hydrogens is 264 g/mol. The van der Waals surface area contributed by atoms with Crippen LogP contribution in [0.25, 0.3) is 0 Å². The van der Waals surface area contributed by atoms with Crippen molar-refractivity contribution < 1.29 is 29.3 Å². The van der Waals surface area contributed by atoms with Gasteiger partial charge in [0.25, 0.3) is 0 Å². The number of carbonyl (C=O) groups excluding carboxylic acids is 1. The molecule has 1 unspecified atom stereocenters. The number of unbranched alkanes of at least 4 members (excludes halogenated alkanes) is 1. The molecule has 0 saturated heterocycles. The molecule has 0 aliphatic rings. The predicted octanol–water partition coefficient (Wildman–Crippen LogP) is 2.37. The van der Waals surface area contributed by atoms with Gasteiger partial charge in [0.15, 0.2) is 0 Å². The van der Waals surface area contributed by atoms with Gasteiger partial charge in [0.1, 0.15) is 0 Å². The molecule has 0 bridgehead atoms. The molecule has 0 amide bonds. The first-order valence-corrected chi connectivity index (χ1v) is 6.59. The molecule has 0 heterocycles. The number of ether oxygens (including phenoxy) is 1. The largest absolute Gasteiger partial charge is 0.481 e. The molecule has 0 aromatic rings. The summed E-state index contributed by atoms with van der Waals surface area (Å²) in [5, 5.41) is 18.0. The molecule has 0 aromatic heterocycles. The number of carboxylic acids is 2. The summed E-state index contributed by atoms with van der Waals surface area (Å²) in [4.78, 5) is 33.7. The van der Waals surface area contributed by atoms with Gasteiger partial charge in [-0.05, 0) is 32.6 Å². The first kappa shape index (κ1) is 18.1. The standard InChI is InChI=1S/C14H22O6/c1-4-5-8-14(13(18)19,9-6-7-11(15)16)20-12(17)10(2)3/h2,4-9H2,1,3H3,(H,15,16)(H,18,19). The van der Waals surface area contributed by atoms with Gasteiger partial charge in [-0.3, -0.25) is 4.79 Å². The topological polar surface area (TPSA) is 101 Å². The van der Waals surface area contributed by atoms with Crippen LogP contribution in [-0.4, -0.2) is 33.7 Å². The average molecular weight is 286 g/mol. The number of hydrogen-bond donors (Lipinski definition) is 2. The number of carbonyl (C=O) groups is 3. The highest BCUT2D eigenvalue weighted by Crippen LogP contribution is 2.27. The van der Waals surface area contributed by atoms with E-state index in [9.17, 15) is 19.5 Å². The smallest absolute Gasteiger partial charge is 0.348 e. The number of hydrogen-bond acceptors (Lipinski definition) is 4. The maximum Gasteiger partial charge on any atom is 0.348 e. The molecule has 20 heavy (non-hydrogen) atoms. The summed E-state index contributed by atoms with van der Waals surface area (Å²) >= 11 is 0. The Morgan fingerprint density at radius 2 is 1.70 bits per heavy atom. The van der Waals surface area contributed by atoms with E-state index < -0.39 is 23.5 Å². The summed E-state index contributed by atoms with van der Waals surface area (Å²) in [6.45, 7) is 6.76. The Labute approximate surface area is 118 Å². The van der Waals surface area contributed by atoms with E-state index in [0.29, 0.717) is 6.42 Å². The Morgan fingerprint density at radius 3 is 2.10 bits per heavy atom. The molecule has 0 radical (unpaired) electrons. The minimum absolute atomic E-state index is 0.0202. The van der Waals surface area contributed by atoms with Crippen LogP contribution >= 0.6 is 0 Å². The fraction of sp³-hybridized carbons (Fsp3) is 0.643. The Kier molecular flexibility index (Phi) is 7.57. The van der Waals surface area contributed by atoms with Gasteiger partial charge < -0.3 is 14.9 Å². The van der Waals surface area contributed by atoms with Crippen molar-refractivity contribution in [2.24, 2.45) is 0 Å². The molecule has 1 atom stereocenters. The maximum absolute atomic E-state index is 11.6. The van der Waals surface area contributed by atoms with Crippen molar-refractivity contribution in [2.75, 3.05) is 0 Å². The molecule has 0 spiro atoms. The second kappa shape index (κ2) is 8.35. The number of aliphatic carboxylic acids is 2. The second-order valence-corrected chi connectivity index (χ2v) is 4.82. The molecule has 114 valence electrons. The third-order valence-electron chi connectivity index (χ3n) is 2.93. The van der Waals surface area contributed by atoms with E-state index in [1.54, 1.807) is 0 Å². The Morgan fingerprint density at radius 1 is 1.15 bits per heavy atom. The Bertz CT molecular complexity index is 387. The summed E-state index contributed by atoms with van der Waals surface area (Å²) < 4.78 is 5.11. The molecule has 6 heteroatoms. The molecule has 0 fully saturated rings. The van der Waals surface area contributed by atoms with Gasteiger partial charge in [-0.1, -0.05) is 19.9 Å². The Hall–Kier alpha value is -1.85. The molecular formula is C14H22O6. The zero-order valence-electron chi connectivity index (χ0n) is 12.0. The van der Waals surface area contributed by atoms with Crippen LogP contribution in [0.3, 0.4) is 0 Å². The summed E-state index contributed by atoms with van der Waals surface area (Å²) in [6.07, 6.45) is 1.44. The zero-order valence-corrected chi connectivity index (χ0v) is 12.0. The van der Waals surface area contributed by atoms with Crippen molar-refractivity contribution in [2.45, 2.75) is 58.0 Å². The van der Waals surface area contributed by atoms with E-state index in [0.717, 1.165) is 6.42 Å². The van der Waals surface area contributed by atoms with Crippen LogP contribution in [0, 0.1) is 0 Å². The highest BCUT2D eigenvalue weighted by atomic mass is 16.6. The third-order valence-corrected chi connectivity index (χ3v) is 2.93. The monoisotopic (exact) mass is 286 g/mol. The van der Waals surface area contributed by atoms with Gasteiger partial charge >= 0.3 is 17.9 Å². The van der Waals surface area contributed by atoms with Crippen molar-refractivity contribution in [3.8, 4) is 0 Å². The summed E-state index contributed by atoms with van der Waals surface area (Å²) in [5.41, 5.74) is -1.55. The third kappa shape index (κ3) is 5.86. The van der Waals surface area contributed by atoms with Crippen LogP contribution in [0.2, 0.25) is 0 Å². The minimum atomic E-state index is -1.67. The number of esters is 1. The van der Waals surface area contributed by atoms with Gasteiger partial charge in [0.2, 0.25) is 5.60 Å². The zero-order chi connectivity index (χ0) is 15.8. The SMILES string of the molecule is C=C(C)C(=O)OC(CCCC)(CCCC(=O)O)C(=O)O. The lowest BCUT2D eigenvalue weighted by molar-refractivity contribution is -0.178. The lowest BCUT2D eigenvalue weighted by atomic mass is 9.90. The van der Waals surface area contributed by atoms with Crippen molar-refractivity contribution in [3.05, 3.63) is 12.2 Å². The van der Waals surface area contributed by atoms with Gasteiger partial charge in [-0.25, -0.2) is 9.59 Å². The Balaban J connectivity index is 5.02. The van der Waals surface area contributed by atoms with Crippen LogP contribution in [0.4, 0.5) is 0 Å². The van der Waals surface area contributed by atoms with Crippen LogP contribution in [-0.2, 0) is 19.1 Å². The lowest BCUT2D eigenvalue weighted by Crippen LogP contribution is -2.43. The van der Waals surface area contributed by atoms with Crippen LogP contribution < -0.4 is 0 Å². The molecule has 6 nitrogen and oxygen atoms in total. The highest BCUT2D eigenvalue weighted by Gasteiger charge is 2.41. The normalized spacial score (nSPS) is 13.3. The van der Waals surface area contributed by atoms with Gasteiger partial charge in [-0.15, -0.1) is 0 Å². The van der Waals surface area contributed by atoms with Crippen LogP contribution in [0.1, 0.15) is 52.4 Å². The molecule has 0 aliphatic heterocycles. The molecule has 0 rings (SSSR count). The van der Waals surface area contributed by atoms with Crippen molar-refractivity contribution in [3.63, 3.8) is 0 Å². The fourth-order valence-electron chi connectivity index (χ4n) is 1.74. The van der Waals surface area contributed by atoms with E-state index in [1.165, 1.54) is 6.92 Å². The molecule has 2 N–H and O–H groups in total. The molecule has 0 saturated carbocycles. The lowest BCUT2D eigenvalue weighted by Gasteiger charge is -2.29. The predicted molar refractivity (Wildman–Crippen MR) is 72.3 cm³/mol. The molecule has 0 aromatic carbocycles.